The third-order valence-corrected chi connectivity index (χ3v) is 3.70. The minimum atomic E-state index is -0.312. The minimum Gasteiger partial charge on any atom is -0.381 e. The lowest BCUT2D eigenvalue weighted by molar-refractivity contribution is -0.132. The molecule has 17 heavy (non-hydrogen) atoms. The largest absolute Gasteiger partial charge is 0.381 e. The fraction of sp³-hybridized carbons (Fsp3) is 0.917. The lowest BCUT2D eigenvalue weighted by Crippen LogP contribution is -2.44. The van der Waals surface area contributed by atoms with E-state index < -0.39 is 0 Å². The van der Waals surface area contributed by atoms with E-state index in [1.165, 1.54) is 0 Å². The van der Waals surface area contributed by atoms with Crippen molar-refractivity contribution in [2.24, 2.45) is 11.7 Å². The van der Waals surface area contributed by atoms with Gasteiger partial charge in [-0.1, -0.05) is 0 Å². The van der Waals surface area contributed by atoms with Crippen LogP contribution in [0.3, 0.4) is 0 Å². The van der Waals surface area contributed by atoms with E-state index in [2.05, 4.69) is 5.32 Å². The average molecular weight is 242 g/mol. The van der Waals surface area contributed by atoms with Crippen LogP contribution in [0.25, 0.3) is 0 Å². The lowest BCUT2D eigenvalue weighted by atomic mass is 10.0. The molecule has 1 amide bonds. The Morgan fingerprint density at radius 2 is 2.29 bits per heavy atom. The molecule has 3 N–H and O–H groups in total. The van der Waals surface area contributed by atoms with Gasteiger partial charge in [-0.2, -0.15) is 0 Å². The third kappa shape index (κ3) is 3.18. The highest BCUT2D eigenvalue weighted by molar-refractivity contribution is 5.81. The highest BCUT2D eigenvalue weighted by atomic mass is 16.5. The number of ether oxygens (including phenoxy) is 2. The molecule has 0 aromatic carbocycles. The van der Waals surface area contributed by atoms with E-state index in [0.717, 1.165) is 32.5 Å². The van der Waals surface area contributed by atoms with Gasteiger partial charge < -0.3 is 20.5 Å². The van der Waals surface area contributed by atoms with Gasteiger partial charge in [-0.3, -0.25) is 4.79 Å². The van der Waals surface area contributed by atoms with Gasteiger partial charge >= 0.3 is 0 Å². The van der Waals surface area contributed by atoms with Gasteiger partial charge in [0.2, 0.25) is 5.91 Å². The summed E-state index contributed by atoms with van der Waals surface area (Å²) in [6.45, 7) is 4.08. The molecule has 0 bridgehead atoms. The molecule has 0 radical (unpaired) electrons. The van der Waals surface area contributed by atoms with E-state index in [4.69, 9.17) is 15.2 Å². The van der Waals surface area contributed by atoms with Gasteiger partial charge in [0.15, 0.2) is 0 Å². The maximum absolute atomic E-state index is 12.0. The molecule has 0 spiro atoms. The van der Waals surface area contributed by atoms with E-state index in [1.807, 2.05) is 6.92 Å². The van der Waals surface area contributed by atoms with Crippen LogP contribution in [-0.4, -0.2) is 43.9 Å². The van der Waals surface area contributed by atoms with Crippen molar-refractivity contribution in [3.63, 3.8) is 0 Å². The van der Waals surface area contributed by atoms with Gasteiger partial charge in [0.25, 0.3) is 0 Å². The quantitative estimate of drug-likeness (QED) is 0.729. The van der Waals surface area contributed by atoms with E-state index >= 15 is 0 Å². The van der Waals surface area contributed by atoms with Crippen LogP contribution in [0.4, 0.5) is 0 Å². The summed E-state index contributed by atoms with van der Waals surface area (Å²) < 4.78 is 10.9. The Balaban J connectivity index is 1.76. The van der Waals surface area contributed by atoms with Crippen molar-refractivity contribution in [2.75, 3.05) is 19.8 Å². The predicted molar refractivity (Wildman–Crippen MR) is 63.5 cm³/mol. The topological polar surface area (TPSA) is 73.6 Å². The van der Waals surface area contributed by atoms with Crippen molar-refractivity contribution in [3.05, 3.63) is 0 Å². The van der Waals surface area contributed by atoms with Crippen molar-refractivity contribution in [3.8, 4) is 0 Å². The van der Waals surface area contributed by atoms with E-state index in [1.54, 1.807) is 0 Å². The normalized spacial score (nSPS) is 34.8. The number of hydrogen-bond donors (Lipinski definition) is 2. The summed E-state index contributed by atoms with van der Waals surface area (Å²) in [5, 5.41) is 3.02. The van der Waals surface area contributed by atoms with Crippen LogP contribution in [-0.2, 0) is 14.3 Å². The van der Waals surface area contributed by atoms with Crippen LogP contribution < -0.4 is 11.1 Å². The molecule has 2 aliphatic heterocycles. The SMILES string of the molecule is CC(NC(=O)C1CCC(CN)O1)C1CCOC1. The zero-order valence-corrected chi connectivity index (χ0v) is 10.4. The molecule has 0 aromatic rings. The van der Waals surface area contributed by atoms with Gasteiger partial charge in [0, 0.05) is 25.1 Å². The molecule has 0 saturated carbocycles. The molecule has 5 nitrogen and oxygen atoms in total. The number of amides is 1. The smallest absolute Gasteiger partial charge is 0.249 e. The van der Waals surface area contributed by atoms with Gasteiger partial charge in [-0.15, -0.1) is 0 Å². The Bertz CT molecular complexity index is 266. The van der Waals surface area contributed by atoms with Crippen molar-refractivity contribution < 1.29 is 14.3 Å². The second kappa shape index (κ2) is 5.80. The third-order valence-electron chi connectivity index (χ3n) is 3.70. The Labute approximate surface area is 102 Å². The van der Waals surface area contributed by atoms with Crippen molar-refractivity contribution in [1.29, 1.82) is 0 Å². The molecule has 4 unspecified atom stereocenters. The average Bonchev–Trinajstić information content (AvgIpc) is 3.00. The molecule has 98 valence electrons. The van der Waals surface area contributed by atoms with E-state index in [0.29, 0.717) is 12.5 Å². The number of hydrogen-bond acceptors (Lipinski definition) is 4. The molecule has 4 atom stereocenters. The van der Waals surface area contributed by atoms with Crippen LogP contribution in [0.1, 0.15) is 26.2 Å². The molecular weight excluding hydrogens is 220 g/mol. The summed E-state index contributed by atoms with van der Waals surface area (Å²) in [6.07, 6.45) is 2.43. The highest BCUT2D eigenvalue weighted by Gasteiger charge is 2.32. The summed E-state index contributed by atoms with van der Waals surface area (Å²) in [5.74, 6) is 0.436. The minimum absolute atomic E-state index is 0.000324. The number of carbonyl (C=O) groups is 1. The maximum atomic E-state index is 12.0. The van der Waals surface area contributed by atoms with E-state index in [9.17, 15) is 4.79 Å². The van der Waals surface area contributed by atoms with Gasteiger partial charge in [-0.05, 0) is 26.2 Å². The Morgan fingerprint density at radius 3 is 2.88 bits per heavy atom. The molecule has 2 fully saturated rings. The van der Waals surface area contributed by atoms with Crippen LogP contribution in [0, 0.1) is 5.92 Å². The summed E-state index contributed by atoms with van der Waals surface area (Å²) in [6, 6.07) is 0.158. The monoisotopic (exact) mass is 242 g/mol. The second-order valence-corrected chi connectivity index (χ2v) is 4.98. The highest BCUT2D eigenvalue weighted by Crippen LogP contribution is 2.20. The Morgan fingerprint density at radius 1 is 1.47 bits per heavy atom. The number of nitrogens with one attached hydrogen (secondary N) is 1. The molecular formula is C12H22N2O3. The fourth-order valence-electron chi connectivity index (χ4n) is 2.45. The summed E-state index contributed by atoms with van der Waals surface area (Å²) in [4.78, 5) is 12.0. The summed E-state index contributed by atoms with van der Waals surface area (Å²) in [7, 11) is 0. The zero-order valence-electron chi connectivity index (χ0n) is 10.4. The van der Waals surface area contributed by atoms with Crippen LogP contribution in [0.15, 0.2) is 0 Å². The number of rotatable bonds is 4. The van der Waals surface area contributed by atoms with Gasteiger partial charge in [0.05, 0.1) is 12.7 Å². The maximum Gasteiger partial charge on any atom is 0.249 e. The first-order chi connectivity index (χ1) is 8.20. The molecule has 0 aliphatic carbocycles. The van der Waals surface area contributed by atoms with E-state index in [-0.39, 0.29) is 24.2 Å². The second-order valence-electron chi connectivity index (χ2n) is 4.98. The van der Waals surface area contributed by atoms with Gasteiger partial charge in [0.1, 0.15) is 6.10 Å². The molecule has 2 saturated heterocycles. The fourth-order valence-corrected chi connectivity index (χ4v) is 2.45. The zero-order chi connectivity index (χ0) is 12.3. The lowest BCUT2D eigenvalue weighted by Gasteiger charge is -2.21. The van der Waals surface area contributed by atoms with Gasteiger partial charge in [-0.25, -0.2) is 0 Å². The molecule has 5 heteroatoms. The molecule has 2 rings (SSSR count). The van der Waals surface area contributed by atoms with Crippen LogP contribution >= 0.6 is 0 Å². The van der Waals surface area contributed by atoms with Crippen molar-refractivity contribution in [2.45, 2.75) is 44.4 Å². The standard InChI is InChI=1S/C12H22N2O3/c1-8(9-4-5-16-7-9)14-12(15)11-3-2-10(6-13)17-11/h8-11H,2-7,13H2,1H3,(H,14,15). The number of nitrogens with two attached hydrogens (primary N) is 1. The molecule has 2 heterocycles. The Hall–Kier alpha value is -0.650. The first-order valence-electron chi connectivity index (χ1n) is 6.44. The summed E-state index contributed by atoms with van der Waals surface area (Å²) >= 11 is 0. The first-order valence-corrected chi connectivity index (χ1v) is 6.44. The molecule has 0 aromatic heterocycles. The van der Waals surface area contributed by atoms with Crippen LogP contribution in [0.2, 0.25) is 0 Å². The van der Waals surface area contributed by atoms with Crippen LogP contribution in [0.5, 0.6) is 0 Å². The number of carbonyl (C=O) groups excluding carboxylic acids is 1. The summed E-state index contributed by atoms with van der Waals surface area (Å²) in [5.41, 5.74) is 5.52. The van der Waals surface area contributed by atoms with Crippen molar-refractivity contribution >= 4 is 5.91 Å². The predicted octanol–water partition coefficient (Wildman–Crippen LogP) is 0.0339. The Kier molecular flexibility index (Phi) is 4.36. The molecule has 2 aliphatic rings. The first kappa shape index (κ1) is 12.8. The van der Waals surface area contributed by atoms with Crippen molar-refractivity contribution in [1.82, 2.24) is 5.32 Å².